The van der Waals surface area contributed by atoms with E-state index in [1.807, 2.05) is 5.32 Å². The van der Waals surface area contributed by atoms with E-state index in [1.165, 1.54) is 0 Å². The molecule has 5 heteroatoms. The number of carboxylic acid groups (broad SMARTS) is 1. The van der Waals surface area contributed by atoms with Crippen LogP contribution < -0.4 is 5.32 Å². The standard InChI is InChI=1S/C4H6ClNO3/c5-1-3(2-7)6-4(8)9/h2-3,6H,1H2,(H,8,9)/t3-/m0/s1. The van der Waals surface area contributed by atoms with E-state index < -0.39 is 12.1 Å². The summed E-state index contributed by atoms with van der Waals surface area (Å²) >= 11 is 5.15. The first kappa shape index (κ1) is 8.23. The summed E-state index contributed by atoms with van der Waals surface area (Å²) < 4.78 is 0. The minimum Gasteiger partial charge on any atom is -0.465 e. The van der Waals surface area contributed by atoms with E-state index in [0.717, 1.165) is 0 Å². The third kappa shape index (κ3) is 3.78. The maximum atomic E-state index is 9.86. The van der Waals surface area contributed by atoms with Gasteiger partial charge in [0.1, 0.15) is 12.3 Å². The molecule has 0 saturated heterocycles. The molecule has 0 bridgehead atoms. The number of carbonyl (C=O) groups is 2. The predicted octanol–water partition coefficient (Wildman–Crippen LogP) is 0.0603. The number of halogens is 1. The van der Waals surface area contributed by atoms with E-state index >= 15 is 0 Å². The Kier molecular flexibility index (Phi) is 3.79. The molecule has 0 aromatic rings. The molecule has 0 rings (SSSR count). The van der Waals surface area contributed by atoms with E-state index in [4.69, 9.17) is 16.7 Å². The Labute approximate surface area is 56.8 Å². The van der Waals surface area contributed by atoms with Crippen LogP contribution in [0.5, 0.6) is 0 Å². The molecular weight excluding hydrogens is 146 g/mol. The summed E-state index contributed by atoms with van der Waals surface area (Å²) in [5.74, 6) is -0.0319. The minimum atomic E-state index is -1.24. The molecule has 0 aromatic carbocycles. The van der Waals surface area contributed by atoms with Crippen molar-refractivity contribution in [3.8, 4) is 0 Å². The van der Waals surface area contributed by atoms with Crippen LogP contribution in [0, 0.1) is 0 Å². The Morgan fingerprint density at radius 3 is 2.56 bits per heavy atom. The zero-order valence-electron chi connectivity index (χ0n) is 4.50. The number of rotatable bonds is 3. The normalized spacial score (nSPS) is 12.1. The molecule has 0 aromatic heterocycles. The molecule has 0 heterocycles. The van der Waals surface area contributed by atoms with Crippen LogP contribution in [0.25, 0.3) is 0 Å². The van der Waals surface area contributed by atoms with Gasteiger partial charge in [0.05, 0.1) is 0 Å². The first-order chi connectivity index (χ1) is 4.20. The molecule has 9 heavy (non-hydrogen) atoms. The van der Waals surface area contributed by atoms with E-state index in [0.29, 0.717) is 6.29 Å². The summed E-state index contributed by atoms with van der Waals surface area (Å²) in [5, 5.41) is 9.91. The highest BCUT2D eigenvalue weighted by Crippen LogP contribution is 1.82. The van der Waals surface area contributed by atoms with Gasteiger partial charge in [-0.1, -0.05) is 0 Å². The zero-order valence-corrected chi connectivity index (χ0v) is 5.26. The highest BCUT2D eigenvalue weighted by Gasteiger charge is 2.06. The summed E-state index contributed by atoms with van der Waals surface area (Å²) in [5.41, 5.74) is 0. The van der Waals surface area contributed by atoms with E-state index in [1.54, 1.807) is 0 Å². The maximum absolute atomic E-state index is 9.86. The second-order valence-corrected chi connectivity index (χ2v) is 1.65. The van der Waals surface area contributed by atoms with Crippen LogP contribution in [0.1, 0.15) is 0 Å². The van der Waals surface area contributed by atoms with Crippen LogP contribution in [0.4, 0.5) is 4.79 Å². The van der Waals surface area contributed by atoms with Crippen molar-refractivity contribution in [2.45, 2.75) is 6.04 Å². The first-order valence-electron chi connectivity index (χ1n) is 2.21. The van der Waals surface area contributed by atoms with Crippen molar-refractivity contribution >= 4 is 24.0 Å². The Morgan fingerprint density at radius 2 is 2.44 bits per heavy atom. The number of amides is 1. The molecule has 1 atom stereocenters. The quantitative estimate of drug-likeness (QED) is 0.443. The number of alkyl halides is 1. The van der Waals surface area contributed by atoms with Crippen molar-refractivity contribution < 1.29 is 14.7 Å². The summed E-state index contributed by atoms with van der Waals surface area (Å²) in [7, 11) is 0. The van der Waals surface area contributed by atoms with Gasteiger partial charge in [-0.2, -0.15) is 0 Å². The average molecular weight is 152 g/mol. The third-order valence-corrected chi connectivity index (χ3v) is 0.972. The number of nitrogens with one attached hydrogen (secondary N) is 1. The zero-order chi connectivity index (χ0) is 7.28. The molecular formula is C4H6ClNO3. The van der Waals surface area contributed by atoms with Crippen LogP contribution >= 0.6 is 11.6 Å². The van der Waals surface area contributed by atoms with Crippen LogP contribution in [-0.2, 0) is 4.79 Å². The highest BCUT2D eigenvalue weighted by atomic mass is 35.5. The fraction of sp³-hybridized carbons (Fsp3) is 0.500. The fourth-order valence-electron chi connectivity index (χ4n) is 0.268. The van der Waals surface area contributed by atoms with Crippen molar-refractivity contribution in [3.05, 3.63) is 0 Å². The van der Waals surface area contributed by atoms with Crippen LogP contribution in [0.15, 0.2) is 0 Å². The van der Waals surface area contributed by atoms with Gasteiger partial charge in [0.15, 0.2) is 0 Å². The van der Waals surface area contributed by atoms with E-state index in [9.17, 15) is 9.59 Å². The molecule has 0 radical (unpaired) electrons. The van der Waals surface area contributed by atoms with Crippen molar-refractivity contribution in [1.82, 2.24) is 5.32 Å². The van der Waals surface area contributed by atoms with Crippen molar-refractivity contribution in [2.24, 2.45) is 0 Å². The van der Waals surface area contributed by atoms with Gasteiger partial charge in [-0.15, -0.1) is 11.6 Å². The summed E-state index contributed by atoms with van der Waals surface area (Å²) in [6.07, 6.45) is -0.797. The lowest BCUT2D eigenvalue weighted by Gasteiger charge is -2.02. The van der Waals surface area contributed by atoms with Crippen molar-refractivity contribution in [1.29, 1.82) is 0 Å². The molecule has 0 fully saturated rings. The number of hydrogen-bond donors (Lipinski definition) is 2. The number of carbonyl (C=O) groups excluding carboxylic acids is 1. The fourth-order valence-corrected chi connectivity index (χ4v) is 0.417. The Hall–Kier alpha value is -0.770. The Bertz CT molecular complexity index is 116. The lowest BCUT2D eigenvalue weighted by atomic mass is 10.4. The summed E-state index contributed by atoms with van der Waals surface area (Å²) in [6, 6.07) is -0.788. The smallest absolute Gasteiger partial charge is 0.405 e. The average Bonchev–Trinajstić information content (AvgIpc) is 1.82. The SMILES string of the molecule is O=C[C@H](CCl)NC(=O)O. The molecule has 52 valence electrons. The molecule has 0 spiro atoms. The summed E-state index contributed by atoms with van der Waals surface area (Å²) in [4.78, 5) is 19.7. The topological polar surface area (TPSA) is 66.4 Å². The first-order valence-corrected chi connectivity index (χ1v) is 2.75. The third-order valence-electron chi connectivity index (χ3n) is 0.639. The van der Waals surface area contributed by atoms with Gasteiger partial charge in [-0.3, -0.25) is 0 Å². The van der Waals surface area contributed by atoms with Crippen molar-refractivity contribution in [3.63, 3.8) is 0 Å². The molecule has 1 amide bonds. The van der Waals surface area contributed by atoms with Gasteiger partial charge in [0.25, 0.3) is 0 Å². The molecule has 2 N–H and O–H groups in total. The van der Waals surface area contributed by atoms with Crippen LogP contribution in [0.3, 0.4) is 0 Å². The second kappa shape index (κ2) is 4.14. The molecule has 4 nitrogen and oxygen atoms in total. The van der Waals surface area contributed by atoms with Gasteiger partial charge in [-0.05, 0) is 0 Å². The van der Waals surface area contributed by atoms with E-state index in [-0.39, 0.29) is 5.88 Å². The molecule has 0 aliphatic rings. The molecule has 0 unspecified atom stereocenters. The summed E-state index contributed by atoms with van der Waals surface area (Å²) in [6.45, 7) is 0. The van der Waals surface area contributed by atoms with Gasteiger partial charge in [0.2, 0.25) is 0 Å². The van der Waals surface area contributed by atoms with Gasteiger partial charge < -0.3 is 15.2 Å². The van der Waals surface area contributed by atoms with Gasteiger partial charge in [-0.25, -0.2) is 4.79 Å². The highest BCUT2D eigenvalue weighted by molar-refractivity contribution is 6.19. The van der Waals surface area contributed by atoms with E-state index in [2.05, 4.69) is 0 Å². The monoisotopic (exact) mass is 151 g/mol. The molecule has 0 aliphatic carbocycles. The largest absolute Gasteiger partial charge is 0.465 e. The maximum Gasteiger partial charge on any atom is 0.405 e. The Balaban J connectivity index is 3.55. The number of aldehydes is 1. The number of hydrogen-bond acceptors (Lipinski definition) is 2. The molecule has 0 saturated carbocycles. The van der Waals surface area contributed by atoms with Crippen LogP contribution in [0.2, 0.25) is 0 Å². The minimum absolute atomic E-state index is 0.0319. The lowest BCUT2D eigenvalue weighted by Crippen LogP contribution is -2.35. The van der Waals surface area contributed by atoms with Gasteiger partial charge in [0, 0.05) is 5.88 Å². The lowest BCUT2D eigenvalue weighted by molar-refractivity contribution is -0.109. The van der Waals surface area contributed by atoms with Crippen molar-refractivity contribution in [2.75, 3.05) is 5.88 Å². The second-order valence-electron chi connectivity index (χ2n) is 1.35. The van der Waals surface area contributed by atoms with Crippen LogP contribution in [-0.4, -0.2) is 29.4 Å². The molecule has 0 aliphatic heterocycles. The predicted molar refractivity (Wildman–Crippen MR) is 31.7 cm³/mol. The van der Waals surface area contributed by atoms with Gasteiger partial charge >= 0.3 is 6.09 Å². The Morgan fingerprint density at radius 1 is 1.89 bits per heavy atom.